The van der Waals surface area contributed by atoms with E-state index in [0.717, 1.165) is 67.2 Å². The van der Waals surface area contributed by atoms with E-state index in [2.05, 4.69) is 33.1 Å². The van der Waals surface area contributed by atoms with Crippen molar-refractivity contribution in [2.24, 2.45) is 0 Å². The first-order valence-electron chi connectivity index (χ1n) is 13.1. The number of pyridine rings is 1. The lowest BCUT2D eigenvalue weighted by Crippen LogP contribution is -2.40. The summed E-state index contributed by atoms with van der Waals surface area (Å²) in [6.07, 6.45) is 1.66. The van der Waals surface area contributed by atoms with Crippen LogP contribution in [0.3, 0.4) is 0 Å². The lowest BCUT2D eigenvalue weighted by atomic mass is 9.98. The van der Waals surface area contributed by atoms with Crippen molar-refractivity contribution in [3.05, 3.63) is 62.1 Å². The highest BCUT2D eigenvalue weighted by Crippen LogP contribution is 2.31. The van der Waals surface area contributed by atoms with Crippen LogP contribution in [0.2, 0.25) is 0 Å². The number of likely N-dealkylation sites (tertiary alicyclic amines) is 1. The minimum absolute atomic E-state index is 0.159. The second kappa shape index (κ2) is 11.6. The molecule has 1 amide bonds. The van der Waals surface area contributed by atoms with E-state index < -0.39 is 6.17 Å². The zero-order valence-electron chi connectivity index (χ0n) is 22.0. The average molecular weight is 499 g/mol. The van der Waals surface area contributed by atoms with E-state index in [1.165, 1.54) is 0 Å². The van der Waals surface area contributed by atoms with Crippen molar-refractivity contribution in [1.82, 2.24) is 15.2 Å². The van der Waals surface area contributed by atoms with E-state index in [0.29, 0.717) is 36.7 Å². The second-order valence-electron chi connectivity index (χ2n) is 10.2. The zero-order chi connectivity index (χ0) is 25.8. The molecule has 196 valence electrons. The molecule has 0 bridgehead atoms. The molecule has 2 fully saturated rings. The molecule has 8 heteroatoms. The summed E-state index contributed by atoms with van der Waals surface area (Å²) in [5, 5.41) is 2.98. The first-order valence-corrected chi connectivity index (χ1v) is 13.1. The Bertz CT molecular complexity index is 1140. The highest BCUT2D eigenvalue weighted by molar-refractivity contribution is 5.97. The predicted molar refractivity (Wildman–Crippen MR) is 141 cm³/mol. The fourth-order valence-electron chi connectivity index (χ4n) is 5.56. The number of hydrogen-bond acceptors (Lipinski definition) is 5. The minimum atomic E-state index is -0.789. The first-order chi connectivity index (χ1) is 17.3. The number of H-pyrrole nitrogens is 1. The number of anilines is 1. The summed E-state index contributed by atoms with van der Waals surface area (Å²) < 4.78 is 19.4. The molecular formula is C28H39FN4O3. The van der Waals surface area contributed by atoms with Gasteiger partial charge in [-0.25, -0.2) is 4.39 Å². The van der Waals surface area contributed by atoms with E-state index in [9.17, 15) is 14.0 Å². The number of hydrogen-bond donors (Lipinski definition) is 2. The van der Waals surface area contributed by atoms with Gasteiger partial charge in [-0.3, -0.25) is 14.5 Å². The van der Waals surface area contributed by atoms with Crippen molar-refractivity contribution in [3.63, 3.8) is 0 Å². The standard InChI is InChI=1S/C28H39FN4O3/c1-5-33(23-7-10-36-11-8-23)26-14-21(16-32-9-6-22(29)17-32)13-24(20(26)4)27(34)30-15-25-18(2)12-19(3)31-28(25)35/h12-14,22-23H,5-11,15-17H2,1-4H3,(H,30,34)(H,31,35)/t22-/m1/s1. The van der Waals surface area contributed by atoms with Crippen LogP contribution in [-0.2, 0) is 17.8 Å². The SMILES string of the molecule is CCN(c1cc(CN2CC[C@@H](F)C2)cc(C(=O)NCc2c(C)cc(C)[nH]c2=O)c1C)C1CCOCC1. The van der Waals surface area contributed by atoms with Gasteiger partial charge in [-0.1, -0.05) is 0 Å². The van der Waals surface area contributed by atoms with Gasteiger partial charge >= 0.3 is 0 Å². The first kappa shape index (κ1) is 26.4. The maximum atomic E-state index is 13.9. The molecule has 0 unspecified atom stereocenters. The molecule has 2 aliphatic heterocycles. The number of aryl methyl sites for hydroxylation is 2. The lowest BCUT2D eigenvalue weighted by molar-refractivity contribution is 0.0845. The van der Waals surface area contributed by atoms with Crippen molar-refractivity contribution in [2.75, 3.05) is 37.7 Å². The summed E-state index contributed by atoms with van der Waals surface area (Å²) in [6.45, 7) is 12.1. The zero-order valence-corrected chi connectivity index (χ0v) is 22.0. The normalized spacial score (nSPS) is 19.0. The van der Waals surface area contributed by atoms with Crippen molar-refractivity contribution >= 4 is 11.6 Å². The Hall–Kier alpha value is -2.71. The van der Waals surface area contributed by atoms with Crippen molar-refractivity contribution in [3.8, 4) is 0 Å². The summed E-state index contributed by atoms with van der Waals surface area (Å²) in [5.41, 5.74) is 5.61. The minimum Gasteiger partial charge on any atom is -0.381 e. The number of nitrogens with one attached hydrogen (secondary N) is 2. The number of carbonyl (C=O) groups is 1. The van der Waals surface area contributed by atoms with Crippen LogP contribution in [0.4, 0.5) is 10.1 Å². The van der Waals surface area contributed by atoms with Gasteiger partial charge in [0.1, 0.15) is 6.17 Å². The number of halogens is 1. The van der Waals surface area contributed by atoms with Gasteiger partial charge in [0.2, 0.25) is 0 Å². The summed E-state index contributed by atoms with van der Waals surface area (Å²) in [7, 11) is 0. The van der Waals surface area contributed by atoms with Crippen molar-refractivity contribution in [1.29, 1.82) is 0 Å². The number of aromatic nitrogens is 1. The molecule has 2 aliphatic rings. The number of aromatic amines is 1. The van der Waals surface area contributed by atoms with Crippen molar-refractivity contribution in [2.45, 2.75) is 72.3 Å². The van der Waals surface area contributed by atoms with Gasteiger partial charge in [0.15, 0.2) is 0 Å². The van der Waals surface area contributed by atoms with Gasteiger partial charge in [0, 0.05) is 74.5 Å². The fraction of sp³-hybridized carbons (Fsp3) is 0.571. The maximum Gasteiger partial charge on any atom is 0.253 e. The van der Waals surface area contributed by atoms with Crippen LogP contribution in [0.5, 0.6) is 0 Å². The number of ether oxygens (including phenoxy) is 1. The molecule has 2 aromatic rings. The van der Waals surface area contributed by atoms with E-state index in [1.54, 1.807) is 0 Å². The van der Waals surface area contributed by atoms with Gasteiger partial charge in [0.05, 0.1) is 0 Å². The van der Waals surface area contributed by atoms with Gasteiger partial charge in [0.25, 0.3) is 11.5 Å². The van der Waals surface area contributed by atoms with E-state index in [1.807, 2.05) is 32.9 Å². The predicted octanol–water partition coefficient (Wildman–Crippen LogP) is 3.78. The Kier molecular flexibility index (Phi) is 8.46. The van der Waals surface area contributed by atoms with E-state index >= 15 is 0 Å². The lowest BCUT2D eigenvalue weighted by Gasteiger charge is -2.37. The van der Waals surface area contributed by atoms with Gasteiger partial charge in [-0.2, -0.15) is 0 Å². The quantitative estimate of drug-likeness (QED) is 0.579. The highest BCUT2D eigenvalue weighted by atomic mass is 19.1. The Morgan fingerprint density at radius 1 is 1.19 bits per heavy atom. The molecule has 0 aliphatic carbocycles. The molecule has 2 N–H and O–H groups in total. The van der Waals surface area contributed by atoms with Crippen LogP contribution >= 0.6 is 0 Å². The number of benzene rings is 1. The summed E-state index contributed by atoms with van der Waals surface area (Å²) >= 11 is 0. The fourth-order valence-corrected chi connectivity index (χ4v) is 5.56. The Morgan fingerprint density at radius 2 is 1.94 bits per heavy atom. The molecule has 1 aromatic carbocycles. The summed E-state index contributed by atoms with van der Waals surface area (Å²) in [4.78, 5) is 33.2. The molecule has 7 nitrogen and oxygen atoms in total. The van der Waals surface area contributed by atoms with Gasteiger partial charge in [-0.15, -0.1) is 0 Å². The van der Waals surface area contributed by atoms with Crippen LogP contribution in [0.25, 0.3) is 0 Å². The number of carbonyl (C=O) groups excluding carboxylic acids is 1. The van der Waals surface area contributed by atoms with Crippen LogP contribution in [0, 0.1) is 20.8 Å². The highest BCUT2D eigenvalue weighted by Gasteiger charge is 2.26. The molecule has 2 saturated heterocycles. The van der Waals surface area contributed by atoms with Gasteiger partial charge < -0.3 is 19.9 Å². The Morgan fingerprint density at radius 3 is 2.58 bits per heavy atom. The number of rotatable bonds is 8. The Labute approximate surface area is 213 Å². The molecule has 36 heavy (non-hydrogen) atoms. The summed E-state index contributed by atoms with van der Waals surface area (Å²) in [5.74, 6) is -0.206. The second-order valence-corrected chi connectivity index (χ2v) is 10.2. The smallest absolute Gasteiger partial charge is 0.253 e. The molecule has 4 rings (SSSR count). The number of nitrogens with zero attached hydrogens (tertiary/aromatic N) is 2. The van der Waals surface area contributed by atoms with Gasteiger partial charge in [-0.05, 0) is 81.8 Å². The number of alkyl halides is 1. The molecule has 0 radical (unpaired) electrons. The van der Waals surface area contributed by atoms with E-state index in [4.69, 9.17) is 4.74 Å². The molecular weight excluding hydrogens is 459 g/mol. The third-order valence-corrected chi connectivity index (χ3v) is 7.51. The largest absolute Gasteiger partial charge is 0.381 e. The molecule has 1 atom stereocenters. The average Bonchev–Trinajstić information content (AvgIpc) is 3.25. The molecule has 0 spiro atoms. The summed E-state index contributed by atoms with van der Waals surface area (Å²) in [6, 6.07) is 6.37. The van der Waals surface area contributed by atoms with Crippen molar-refractivity contribution < 1.29 is 13.9 Å². The molecule has 3 heterocycles. The Balaban J connectivity index is 1.64. The van der Waals surface area contributed by atoms with E-state index in [-0.39, 0.29) is 18.0 Å². The number of amides is 1. The maximum absolute atomic E-state index is 13.9. The van der Waals surface area contributed by atoms with Crippen LogP contribution in [-0.4, -0.2) is 60.9 Å². The van der Waals surface area contributed by atoms with Crippen LogP contribution < -0.4 is 15.8 Å². The third kappa shape index (κ3) is 5.98. The third-order valence-electron chi connectivity index (χ3n) is 7.51. The topological polar surface area (TPSA) is 77.7 Å². The van der Waals surface area contributed by atoms with Crippen LogP contribution in [0.15, 0.2) is 23.0 Å². The molecule has 1 aromatic heterocycles. The van der Waals surface area contributed by atoms with Crippen LogP contribution in [0.1, 0.15) is 64.5 Å². The molecule has 0 saturated carbocycles. The monoisotopic (exact) mass is 498 g/mol.